The van der Waals surface area contributed by atoms with Gasteiger partial charge >= 0.3 is 0 Å². The third-order valence-corrected chi connectivity index (χ3v) is 1.67. The van der Waals surface area contributed by atoms with Gasteiger partial charge < -0.3 is 5.32 Å². The van der Waals surface area contributed by atoms with Crippen molar-refractivity contribution >= 4 is 11.9 Å². The molecule has 1 aromatic rings. The molecule has 78 valence electrons. The fourth-order valence-corrected chi connectivity index (χ4v) is 0.957. The smallest absolute Gasteiger partial charge is 0.240 e. The van der Waals surface area contributed by atoms with E-state index in [1.165, 1.54) is 11.0 Å². The van der Waals surface area contributed by atoms with Gasteiger partial charge in [-0.1, -0.05) is 6.92 Å². The van der Waals surface area contributed by atoms with Crippen molar-refractivity contribution in [1.82, 2.24) is 20.1 Å². The number of aromatic nitrogens is 3. The molecule has 0 saturated heterocycles. The van der Waals surface area contributed by atoms with Gasteiger partial charge in [0.2, 0.25) is 11.9 Å². The van der Waals surface area contributed by atoms with E-state index in [0.717, 1.165) is 13.0 Å². The van der Waals surface area contributed by atoms with Crippen LogP contribution in [0, 0.1) is 0 Å². The first-order valence-corrected chi connectivity index (χ1v) is 4.58. The van der Waals surface area contributed by atoms with Crippen molar-refractivity contribution in [2.75, 3.05) is 18.4 Å². The third kappa shape index (κ3) is 3.14. The molecule has 0 bridgehead atoms. The van der Waals surface area contributed by atoms with E-state index in [0.29, 0.717) is 12.5 Å². The van der Waals surface area contributed by atoms with Crippen molar-refractivity contribution in [1.29, 1.82) is 0 Å². The van der Waals surface area contributed by atoms with Crippen molar-refractivity contribution in [3.8, 4) is 0 Å². The number of carbonyl (C=O) groups is 1. The van der Waals surface area contributed by atoms with Crippen LogP contribution in [-0.4, -0.2) is 33.8 Å². The normalized spacial score (nSPS) is 10.1. The molecule has 6 nitrogen and oxygen atoms in total. The van der Waals surface area contributed by atoms with Crippen LogP contribution >= 0.6 is 0 Å². The maximum Gasteiger partial charge on any atom is 0.240 e. The van der Waals surface area contributed by atoms with Crippen LogP contribution in [0.3, 0.4) is 0 Å². The SMILES string of the molecule is CCCNCC(=O)Nc1ncnn1C. The first-order valence-electron chi connectivity index (χ1n) is 4.58. The van der Waals surface area contributed by atoms with Crippen molar-refractivity contribution in [3.05, 3.63) is 6.33 Å². The minimum atomic E-state index is -0.102. The van der Waals surface area contributed by atoms with Crippen LogP contribution in [0.5, 0.6) is 0 Å². The van der Waals surface area contributed by atoms with Crippen LogP contribution in [0.4, 0.5) is 5.95 Å². The topological polar surface area (TPSA) is 71.8 Å². The lowest BCUT2D eigenvalue weighted by Gasteiger charge is -2.04. The van der Waals surface area contributed by atoms with E-state index in [2.05, 4.69) is 20.7 Å². The second-order valence-corrected chi connectivity index (χ2v) is 2.93. The van der Waals surface area contributed by atoms with Gasteiger partial charge in [0.15, 0.2) is 0 Å². The van der Waals surface area contributed by atoms with E-state index >= 15 is 0 Å². The second-order valence-electron chi connectivity index (χ2n) is 2.93. The highest BCUT2D eigenvalue weighted by atomic mass is 16.2. The summed E-state index contributed by atoms with van der Waals surface area (Å²) in [5.74, 6) is 0.364. The lowest BCUT2D eigenvalue weighted by atomic mass is 10.4. The second kappa shape index (κ2) is 5.33. The summed E-state index contributed by atoms with van der Waals surface area (Å²) in [7, 11) is 1.72. The quantitative estimate of drug-likeness (QED) is 0.639. The Morgan fingerprint density at radius 2 is 2.43 bits per heavy atom. The number of hydrogen-bond donors (Lipinski definition) is 2. The van der Waals surface area contributed by atoms with Gasteiger partial charge in [-0.15, -0.1) is 0 Å². The van der Waals surface area contributed by atoms with Crippen molar-refractivity contribution < 1.29 is 4.79 Å². The summed E-state index contributed by atoms with van der Waals surface area (Å²) >= 11 is 0. The van der Waals surface area contributed by atoms with Gasteiger partial charge in [0.05, 0.1) is 6.54 Å². The number of amides is 1. The lowest BCUT2D eigenvalue weighted by Crippen LogP contribution is -2.29. The minimum absolute atomic E-state index is 0.102. The maximum absolute atomic E-state index is 11.3. The van der Waals surface area contributed by atoms with Crippen LogP contribution in [0.1, 0.15) is 13.3 Å². The lowest BCUT2D eigenvalue weighted by molar-refractivity contribution is -0.115. The number of nitrogens with one attached hydrogen (secondary N) is 2. The standard InChI is InChI=1S/C8H15N5O/c1-3-4-9-5-7(14)12-8-10-6-11-13(8)2/h6,9H,3-5H2,1-2H3,(H,10,11,12,14). The Balaban J connectivity index is 2.31. The molecule has 0 unspecified atom stereocenters. The average molecular weight is 197 g/mol. The van der Waals surface area contributed by atoms with E-state index in [4.69, 9.17) is 0 Å². The molecule has 0 saturated carbocycles. The fourth-order valence-electron chi connectivity index (χ4n) is 0.957. The Hall–Kier alpha value is -1.43. The molecule has 0 fully saturated rings. The summed E-state index contributed by atoms with van der Waals surface area (Å²) in [5, 5.41) is 9.47. The van der Waals surface area contributed by atoms with Gasteiger partial charge in [-0.3, -0.25) is 10.1 Å². The van der Waals surface area contributed by atoms with Crippen LogP contribution in [0.15, 0.2) is 6.33 Å². The Morgan fingerprint density at radius 1 is 1.64 bits per heavy atom. The van der Waals surface area contributed by atoms with Crippen LogP contribution < -0.4 is 10.6 Å². The zero-order valence-electron chi connectivity index (χ0n) is 8.45. The molecule has 0 radical (unpaired) electrons. The first kappa shape index (κ1) is 10.6. The maximum atomic E-state index is 11.3. The number of nitrogens with zero attached hydrogens (tertiary/aromatic N) is 3. The van der Waals surface area contributed by atoms with Crippen LogP contribution in [0.2, 0.25) is 0 Å². The largest absolute Gasteiger partial charge is 0.308 e. The Morgan fingerprint density at radius 3 is 3.00 bits per heavy atom. The molecule has 1 amide bonds. The van der Waals surface area contributed by atoms with E-state index in [1.54, 1.807) is 7.05 Å². The van der Waals surface area contributed by atoms with E-state index < -0.39 is 0 Å². The van der Waals surface area contributed by atoms with Crippen LogP contribution in [-0.2, 0) is 11.8 Å². The zero-order chi connectivity index (χ0) is 10.4. The van der Waals surface area contributed by atoms with Gasteiger partial charge in [-0.05, 0) is 13.0 Å². The molecule has 0 aromatic carbocycles. The van der Waals surface area contributed by atoms with Gasteiger partial charge in [0.1, 0.15) is 6.33 Å². The van der Waals surface area contributed by atoms with Crippen LogP contribution in [0.25, 0.3) is 0 Å². The van der Waals surface area contributed by atoms with Crippen molar-refractivity contribution in [3.63, 3.8) is 0 Å². The molecule has 14 heavy (non-hydrogen) atoms. The number of aryl methyl sites for hydroxylation is 1. The Bertz CT molecular complexity index is 296. The summed E-state index contributed by atoms with van der Waals surface area (Å²) in [6.45, 7) is 3.19. The molecule has 0 aliphatic heterocycles. The van der Waals surface area contributed by atoms with Gasteiger partial charge in [-0.2, -0.15) is 10.1 Å². The highest BCUT2D eigenvalue weighted by Gasteiger charge is 2.04. The van der Waals surface area contributed by atoms with E-state index in [-0.39, 0.29) is 5.91 Å². The summed E-state index contributed by atoms with van der Waals surface area (Å²) in [6, 6.07) is 0. The molecule has 1 rings (SSSR count). The van der Waals surface area contributed by atoms with Crippen molar-refractivity contribution in [2.45, 2.75) is 13.3 Å². The molecule has 0 aliphatic rings. The zero-order valence-corrected chi connectivity index (χ0v) is 8.45. The summed E-state index contributed by atoms with van der Waals surface area (Å²) in [6.07, 6.45) is 2.41. The summed E-state index contributed by atoms with van der Waals surface area (Å²) in [5.41, 5.74) is 0. The number of carbonyl (C=O) groups excluding carboxylic acids is 1. The van der Waals surface area contributed by atoms with Crippen molar-refractivity contribution in [2.24, 2.45) is 7.05 Å². The number of hydrogen-bond acceptors (Lipinski definition) is 4. The molecular weight excluding hydrogens is 182 g/mol. The third-order valence-electron chi connectivity index (χ3n) is 1.67. The van der Waals surface area contributed by atoms with E-state index in [9.17, 15) is 4.79 Å². The minimum Gasteiger partial charge on any atom is -0.308 e. The molecular formula is C8H15N5O. The molecule has 1 aromatic heterocycles. The fraction of sp³-hybridized carbons (Fsp3) is 0.625. The molecule has 1 heterocycles. The highest BCUT2D eigenvalue weighted by Crippen LogP contribution is 1.96. The molecule has 0 spiro atoms. The molecule has 0 atom stereocenters. The van der Waals surface area contributed by atoms with Gasteiger partial charge in [0.25, 0.3) is 0 Å². The first-order chi connectivity index (χ1) is 6.74. The van der Waals surface area contributed by atoms with Gasteiger partial charge in [-0.25, -0.2) is 4.68 Å². The summed E-state index contributed by atoms with van der Waals surface area (Å²) in [4.78, 5) is 15.2. The monoisotopic (exact) mass is 197 g/mol. The predicted octanol–water partition coefficient (Wildman–Crippen LogP) is -0.247. The molecule has 6 heteroatoms. The molecule has 0 aliphatic carbocycles. The molecule has 2 N–H and O–H groups in total. The average Bonchev–Trinajstić information content (AvgIpc) is 2.52. The van der Waals surface area contributed by atoms with E-state index in [1.807, 2.05) is 6.92 Å². The van der Waals surface area contributed by atoms with Gasteiger partial charge in [0, 0.05) is 7.05 Å². The number of rotatable bonds is 5. The Kier molecular flexibility index (Phi) is 4.06. The highest BCUT2D eigenvalue weighted by molar-refractivity contribution is 5.90. The predicted molar refractivity (Wildman–Crippen MR) is 52.8 cm³/mol. The Labute approximate surface area is 82.7 Å². The number of anilines is 1. The summed E-state index contributed by atoms with van der Waals surface area (Å²) < 4.78 is 1.51.